The predicted octanol–water partition coefficient (Wildman–Crippen LogP) is 5.36. The molecule has 0 aliphatic rings. The number of hydrogen-bond donors (Lipinski definition) is 1. The summed E-state index contributed by atoms with van der Waals surface area (Å²) in [5.74, 6) is 2.14. The molecule has 6 heteroatoms. The monoisotopic (exact) mass is 449 g/mol. The molecular formula is C28H27N5O. The van der Waals surface area contributed by atoms with Gasteiger partial charge in [-0.1, -0.05) is 66.7 Å². The van der Waals surface area contributed by atoms with E-state index in [0.717, 1.165) is 53.9 Å². The SMILES string of the molecule is c1ccc(CC(CCc2ccc(OCc3ccc4ccccc4n3)cc2)Cc2nnn[nH]2)cc1. The van der Waals surface area contributed by atoms with Crippen LogP contribution in [0.4, 0.5) is 0 Å². The molecule has 0 saturated heterocycles. The molecule has 6 nitrogen and oxygen atoms in total. The Morgan fingerprint density at radius 1 is 0.765 bits per heavy atom. The van der Waals surface area contributed by atoms with Crippen molar-refractivity contribution in [3.63, 3.8) is 0 Å². The number of tetrazole rings is 1. The number of hydrogen-bond acceptors (Lipinski definition) is 5. The molecule has 1 N–H and O–H groups in total. The van der Waals surface area contributed by atoms with E-state index in [2.05, 4.69) is 80.2 Å². The molecule has 0 bridgehead atoms. The van der Waals surface area contributed by atoms with Gasteiger partial charge in [0.1, 0.15) is 18.2 Å². The minimum absolute atomic E-state index is 0.451. The van der Waals surface area contributed by atoms with Gasteiger partial charge in [-0.2, -0.15) is 0 Å². The van der Waals surface area contributed by atoms with Gasteiger partial charge in [-0.15, -0.1) is 5.10 Å². The Morgan fingerprint density at radius 3 is 2.41 bits per heavy atom. The number of fused-ring (bicyclic) bond motifs is 1. The molecule has 0 spiro atoms. The van der Waals surface area contributed by atoms with E-state index in [1.165, 1.54) is 11.1 Å². The third-order valence-corrected chi connectivity index (χ3v) is 6.05. The lowest BCUT2D eigenvalue weighted by Crippen LogP contribution is -2.11. The zero-order chi connectivity index (χ0) is 23.0. The third kappa shape index (κ3) is 5.84. The number of H-pyrrole nitrogens is 1. The van der Waals surface area contributed by atoms with Gasteiger partial charge in [0.15, 0.2) is 0 Å². The fourth-order valence-corrected chi connectivity index (χ4v) is 4.23. The fourth-order valence-electron chi connectivity index (χ4n) is 4.23. The number of ether oxygens (including phenoxy) is 1. The highest BCUT2D eigenvalue weighted by Crippen LogP contribution is 2.21. The van der Waals surface area contributed by atoms with Gasteiger partial charge in [0.25, 0.3) is 0 Å². The molecule has 0 fully saturated rings. The van der Waals surface area contributed by atoms with Crippen LogP contribution in [0.5, 0.6) is 5.75 Å². The van der Waals surface area contributed by atoms with Gasteiger partial charge in [0, 0.05) is 11.8 Å². The maximum atomic E-state index is 5.98. The molecule has 5 aromatic rings. The summed E-state index contributed by atoms with van der Waals surface area (Å²) in [6.45, 7) is 0.453. The van der Waals surface area contributed by atoms with E-state index in [0.29, 0.717) is 12.5 Å². The lowest BCUT2D eigenvalue weighted by atomic mass is 9.90. The van der Waals surface area contributed by atoms with Crippen LogP contribution in [0.25, 0.3) is 10.9 Å². The van der Waals surface area contributed by atoms with Gasteiger partial charge in [0.05, 0.1) is 11.2 Å². The van der Waals surface area contributed by atoms with Gasteiger partial charge < -0.3 is 4.74 Å². The van der Waals surface area contributed by atoms with Crippen molar-refractivity contribution in [1.29, 1.82) is 0 Å². The molecule has 3 aromatic carbocycles. The second-order valence-electron chi connectivity index (χ2n) is 8.57. The number of para-hydroxylation sites is 1. The molecule has 0 saturated carbocycles. The average Bonchev–Trinajstić information content (AvgIpc) is 3.40. The first-order chi connectivity index (χ1) is 16.8. The van der Waals surface area contributed by atoms with Crippen molar-refractivity contribution in [2.75, 3.05) is 0 Å². The van der Waals surface area contributed by atoms with Gasteiger partial charge in [0.2, 0.25) is 0 Å². The van der Waals surface area contributed by atoms with Crippen LogP contribution >= 0.6 is 0 Å². The lowest BCUT2D eigenvalue weighted by Gasteiger charge is -2.16. The largest absolute Gasteiger partial charge is 0.487 e. The molecule has 2 heterocycles. The van der Waals surface area contributed by atoms with Crippen LogP contribution in [0.3, 0.4) is 0 Å². The van der Waals surface area contributed by atoms with E-state index in [1.807, 2.05) is 36.4 Å². The molecule has 0 aliphatic heterocycles. The van der Waals surface area contributed by atoms with Crippen molar-refractivity contribution in [2.45, 2.75) is 32.3 Å². The number of nitrogens with zero attached hydrogens (tertiary/aromatic N) is 4. The van der Waals surface area contributed by atoms with Crippen molar-refractivity contribution in [3.05, 3.63) is 114 Å². The summed E-state index contributed by atoms with van der Waals surface area (Å²) in [4.78, 5) is 4.68. The van der Waals surface area contributed by atoms with Crippen molar-refractivity contribution in [3.8, 4) is 5.75 Å². The summed E-state index contributed by atoms with van der Waals surface area (Å²) in [5.41, 5.74) is 4.55. The van der Waals surface area contributed by atoms with Gasteiger partial charge in [-0.25, -0.2) is 10.1 Å². The zero-order valence-corrected chi connectivity index (χ0v) is 19.0. The first-order valence-electron chi connectivity index (χ1n) is 11.6. The van der Waals surface area contributed by atoms with E-state index in [9.17, 15) is 0 Å². The number of nitrogens with one attached hydrogen (secondary N) is 1. The number of benzene rings is 3. The maximum absolute atomic E-state index is 5.98. The third-order valence-electron chi connectivity index (χ3n) is 6.05. The average molecular weight is 450 g/mol. The van der Waals surface area contributed by atoms with Crippen molar-refractivity contribution in [1.82, 2.24) is 25.6 Å². The fraction of sp³-hybridized carbons (Fsp3) is 0.214. The van der Waals surface area contributed by atoms with Crippen LogP contribution < -0.4 is 4.74 Å². The quantitative estimate of drug-likeness (QED) is 0.311. The number of pyridine rings is 1. The summed E-state index contributed by atoms with van der Waals surface area (Å²) in [5, 5.41) is 15.6. The van der Waals surface area contributed by atoms with Crippen LogP contribution in [0.15, 0.2) is 91.0 Å². The van der Waals surface area contributed by atoms with E-state index >= 15 is 0 Å². The highest BCUT2D eigenvalue weighted by atomic mass is 16.5. The van der Waals surface area contributed by atoms with Crippen LogP contribution in [-0.2, 0) is 25.9 Å². The summed E-state index contributed by atoms with van der Waals surface area (Å²) in [7, 11) is 0. The molecule has 0 aliphatic carbocycles. The summed E-state index contributed by atoms with van der Waals surface area (Å²) >= 11 is 0. The molecule has 0 amide bonds. The predicted molar refractivity (Wildman–Crippen MR) is 132 cm³/mol. The summed E-state index contributed by atoms with van der Waals surface area (Å²) in [6.07, 6.45) is 3.88. The minimum atomic E-state index is 0.451. The van der Waals surface area contributed by atoms with Crippen LogP contribution in [-0.4, -0.2) is 25.6 Å². The standard InChI is InChI=1S/C28H27N5O/c1-2-6-22(7-3-1)18-23(19-28-30-32-33-31-28)11-10-21-12-16-26(17-13-21)34-20-25-15-14-24-8-4-5-9-27(24)29-25/h1-9,12-17,23H,10-11,18-20H2,(H,30,31,32,33). The number of aromatic amines is 1. The molecular weight excluding hydrogens is 422 g/mol. The second kappa shape index (κ2) is 10.7. The first-order valence-corrected chi connectivity index (χ1v) is 11.6. The molecule has 1 unspecified atom stereocenters. The smallest absolute Gasteiger partial charge is 0.148 e. The highest BCUT2D eigenvalue weighted by molar-refractivity contribution is 5.78. The molecule has 170 valence electrons. The minimum Gasteiger partial charge on any atom is -0.487 e. The Labute approximate surface area is 199 Å². The van der Waals surface area contributed by atoms with E-state index < -0.39 is 0 Å². The van der Waals surface area contributed by atoms with Crippen molar-refractivity contribution < 1.29 is 4.74 Å². The van der Waals surface area contributed by atoms with Gasteiger partial charge in [-0.05, 0) is 71.0 Å². The Bertz CT molecular complexity index is 1300. The number of aryl methyl sites for hydroxylation is 1. The summed E-state index contributed by atoms with van der Waals surface area (Å²) < 4.78 is 5.98. The van der Waals surface area contributed by atoms with Crippen molar-refractivity contribution in [2.24, 2.45) is 5.92 Å². The van der Waals surface area contributed by atoms with Gasteiger partial charge in [-0.3, -0.25) is 0 Å². The lowest BCUT2D eigenvalue weighted by molar-refractivity contribution is 0.301. The highest BCUT2D eigenvalue weighted by Gasteiger charge is 2.14. The Kier molecular flexibility index (Phi) is 6.85. The van der Waals surface area contributed by atoms with Crippen LogP contribution in [0.1, 0.15) is 29.1 Å². The Hall–Kier alpha value is -4.06. The van der Waals surface area contributed by atoms with Gasteiger partial charge >= 0.3 is 0 Å². The molecule has 5 rings (SSSR count). The molecule has 1 atom stereocenters. The van der Waals surface area contributed by atoms with Crippen LogP contribution in [0.2, 0.25) is 0 Å². The van der Waals surface area contributed by atoms with Crippen molar-refractivity contribution >= 4 is 10.9 Å². The van der Waals surface area contributed by atoms with Crippen LogP contribution in [0, 0.1) is 5.92 Å². The molecule has 2 aromatic heterocycles. The summed E-state index contributed by atoms with van der Waals surface area (Å²) in [6, 6.07) is 31.2. The Balaban J connectivity index is 1.17. The second-order valence-corrected chi connectivity index (χ2v) is 8.57. The topological polar surface area (TPSA) is 76.6 Å². The first kappa shape index (κ1) is 21.8. The van der Waals surface area contributed by atoms with E-state index in [-0.39, 0.29) is 0 Å². The normalized spacial score (nSPS) is 12.0. The number of rotatable bonds is 10. The Morgan fingerprint density at radius 2 is 1.59 bits per heavy atom. The van der Waals surface area contributed by atoms with E-state index in [1.54, 1.807) is 0 Å². The van der Waals surface area contributed by atoms with E-state index in [4.69, 9.17) is 4.74 Å². The molecule has 34 heavy (non-hydrogen) atoms. The zero-order valence-electron chi connectivity index (χ0n) is 19.0. The maximum Gasteiger partial charge on any atom is 0.148 e. The number of aromatic nitrogens is 5. The molecule has 0 radical (unpaired) electrons.